The molecular formula is C17H18F3N3O2. The van der Waals surface area contributed by atoms with Crippen molar-refractivity contribution < 1.29 is 23.1 Å². The number of nitrogens with zero attached hydrogens (tertiary/aromatic N) is 3. The summed E-state index contributed by atoms with van der Waals surface area (Å²) in [6.45, 7) is 3.99. The fourth-order valence-corrected chi connectivity index (χ4v) is 2.45. The molecule has 0 saturated heterocycles. The number of halogens is 3. The molecule has 0 aliphatic heterocycles. The highest BCUT2D eigenvalue weighted by Gasteiger charge is 2.30. The van der Waals surface area contributed by atoms with Gasteiger partial charge in [-0.15, -0.1) is 0 Å². The first-order valence-electron chi connectivity index (χ1n) is 7.76. The number of hydrogen-bond donors (Lipinski definition) is 1. The third-order valence-electron chi connectivity index (χ3n) is 3.68. The quantitative estimate of drug-likeness (QED) is 0.787. The Balaban J connectivity index is 2.41. The fraction of sp³-hybridized carbons (Fsp3) is 0.353. The van der Waals surface area contributed by atoms with E-state index < -0.39 is 17.7 Å². The second-order valence-corrected chi connectivity index (χ2v) is 5.68. The van der Waals surface area contributed by atoms with Crippen LogP contribution in [0.1, 0.15) is 49.4 Å². The summed E-state index contributed by atoms with van der Waals surface area (Å²) >= 11 is 0. The van der Waals surface area contributed by atoms with E-state index in [1.807, 2.05) is 13.8 Å². The van der Waals surface area contributed by atoms with E-state index in [4.69, 9.17) is 5.11 Å². The largest absolute Gasteiger partial charge is 0.478 e. The molecule has 134 valence electrons. The van der Waals surface area contributed by atoms with Gasteiger partial charge in [-0.1, -0.05) is 20.3 Å². The number of hydrogen-bond acceptors (Lipinski definition) is 3. The Hall–Kier alpha value is -2.64. The van der Waals surface area contributed by atoms with Crippen molar-refractivity contribution in [2.75, 3.05) is 0 Å². The number of rotatable bonds is 6. The molecule has 1 N–H and O–H groups in total. The van der Waals surface area contributed by atoms with Gasteiger partial charge in [-0.3, -0.25) is 0 Å². The van der Waals surface area contributed by atoms with Crippen LogP contribution in [-0.2, 0) is 11.0 Å². The highest BCUT2D eigenvalue weighted by Crippen LogP contribution is 2.29. The molecule has 0 spiro atoms. The number of alkyl halides is 3. The highest BCUT2D eigenvalue weighted by molar-refractivity contribution is 5.85. The van der Waals surface area contributed by atoms with Crippen molar-refractivity contribution in [2.45, 2.75) is 38.8 Å². The Bertz CT molecular complexity index is 764. The summed E-state index contributed by atoms with van der Waals surface area (Å²) in [7, 11) is 0. The minimum atomic E-state index is -4.45. The highest BCUT2D eigenvalue weighted by atomic mass is 19.4. The molecule has 2 aromatic heterocycles. The van der Waals surface area contributed by atoms with Gasteiger partial charge >= 0.3 is 12.1 Å². The van der Waals surface area contributed by atoms with E-state index >= 15 is 0 Å². The van der Waals surface area contributed by atoms with Gasteiger partial charge in [0.2, 0.25) is 0 Å². The molecule has 25 heavy (non-hydrogen) atoms. The topological polar surface area (TPSA) is 68.0 Å². The first-order chi connectivity index (χ1) is 11.7. The molecule has 1 unspecified atom stereocenters. The molecule has 0 aromatic carbocycles. The van der Waals surface area contributed by atoms with Crippen molar-refractivity contribution in [3.05, 3.63) is 47.4 Å². The normalized spacial score (nSPS) is 13.3. The van der Waals surface area contributed by atoms with Crippen molar-refractivity contribution in [1.29, 1.82) is 0 Å². The lowest BCUT2D eigenvalue weighted by Gasteiger charge is -2.08. The standard InChI is InChI=1S/C17H18F3N3O2/c1-3-4-11(2)16-12(5-8-15(24)25)10-23(22-16)14-7-6-13(9-21-14)17(18,19)20/h5-11H,3-4H2,1-2H3,(H,24,25)/b8-5+. The van der Waals surface area contributed by atoms with E-state index in [2.05, 4.69) is 10.1 Å². The SMILES string of the molecule is CCCC(C)c1nn(-c2ccc(C(F)(F)F)cn2)cc1/C=C/C(=O)O. The van der Waals surface area contributed by atoms with Crippen molar-refractivity contribution >= 4 is 12.0 Å². The van der Waals surface area contributed by atoms with Gasteiger partial charge in [-0.05, 0) is 24.6 Å². The molecule has 0 aliphatic carbocycles. The Kier molecular flexibility index (Phi) is 5.61. The second kappa shape index (κ2) is 7.50. The Labute approximate surface area is 142 Å². The van der Waals surface area contributed by atoms with Crippen molar-refractivity contribution in [3.8, 4) is 5.82 Å². The Morgan fingerprint density at radius 3 is 2.64 bits per heavy atom. The number of carboxylic acids is 1. The van der Waals surface area contributed by atoms with Crippen LogP contribution in [0.25, 0.3) is 11.9 Å². The third-order valence-corrected chi connectivity index (χ3v) is 3.68. The zero-order valence-corrected chi connectivity index (χ0v) is 13.8. The Morgan fingerprint density at radius 2 is 2.12 bits per heavy atom. The lowest BCUT2D eigenvalue weighted by atomic mass is 9.99. The van der Waals surface area contributed by atoms with Gasteiger partial charge < -0.3 is 5.11 Å². The maximum Gasteiger partial charge on any atom is 0.417 e. The van der Waals surface area contributed by atoms with E-state index in [1.165, 1.54) is 16.8 Å². The van der Waals surface area contributed by atoms with Gasteiger partial charge in [-0.2, -0.15) is 18.3 Å². The molecular weight excluding hydrogens is 335 g/mol. The van der Waals surface area contributed by atoms with Gasteiger partial charge in [0, 0.05) is 30.0 Å². The molecule has 0 amide bonds. The summed E-state index contributed by atoms with van der Waals surface area (Å²) in [5.74, 6) is -0.781. The smallest absolute Gasteiger partial charge is 0.417 e. The van der Waals surface area contributed by atoms with E-state index in [-0.39, 0.29) is 11.7 Å². The first kappa shape index (κ1) is 18.7. The maximum atomic E-state index is 12.6. The average Bonchev–Trinajstić information content (AvgIpc) is 2.97. The molecule has 1 atom stereocenters. The second-order valence-electron chi connectivity index (χ2n) is 5.68. The van der Waals surface area contributed by atoms with Crippen LogP contribution in [0, 0.1) is 0 Å². The molecule has 2 aromatic rings. The van der Waals surface area contributed by atoms with Gasteiger partial charge in [0.25, 0.3) is 0 Å². The van der Waals surface area contributed by atoms with Gasteiger partial charge in [0.15, 0.2) is 5.82 Å². The summed E-state index contributed by atoms with van der Waals surface area (Å²) in [5, 5.41) is 13.2. The minimum Gasteiger partial charge on any atom is -0.478 e. The number of carbonyl (C=O) groups is 1. The van der Waals surface area contributed by atoms with E-state index in [9.17, 15) is 18.0 Å². The maximum absolute atomic E-state index is 12.6. The number of aromatic nitrogens is 3. The van der Waals surface area contributed by atoms with Crippen LogP contribution < -0.4 is 0 Å². The minimum absolute atomic E-state index is 0.0779. The summed E-state index contributed by atoms with van der Waals surface area (Å²) < 4.78 is 39.3. The van der Waals surface area contributed by atoms with Gasteiger partial charge in [-0.25, -0.2) is 14.5 Å². The zero-order chi connectivity index (χ0) is 18.6. The number of carboxylic acid groups (broad SMARTS) is 1. The molecule has 0 saturated carbocycles. The summed E-state index contributed by atoms with van der Waals surface area (Å²) in [4.78, 5) is 14.6. The van der Waals surface area contributed by atoms with E-state index in [0.29, 0.717) is 11.3 Å². The average molecular weight is 353 g/mol. The first-order valence-corrected chi connectivity index (χ1v) is 7.76. The monoisotopic (exact) mass is 353 g/mol. The van der Waals surface area contributed by atoms with Crippen molar-refractivity contribution in [3.63, 3.8) is 0 Å². The van der Waals surface area contributed by atoms with E-state index in [0.717, 1.165) is 31.2 Å². The summed E-state index contributed by atoms with van der Waals surface area (Å²) in [5.41, 5.74) is 0.445. The Morgan fingerprint density at radius 1 is 1.40 bits per heavy atom. The molecule has 8 heteroatoms. The molecule has 0 bridgehead atoms. The molecule has 2 heterocycles. The lowest BCUT2D eigenvalue weighted by molar-refractivity contribution is -0.137. The molecule has 5 nitrogen and oxygen atoms in total. The number of pyridine rings is 1. The third kappa shape index (κ3) is 4.68. The van der Waals surface area contributed by atoms with Crippen LogP contribution in [0.4, 0.5) is 13.2 Å². The van der Waals surface area contributed by atoms with Crippen LogP contribution in [0.2, 0.25) is 0 Å². The van der Waals surface area contributed by atoms with Crippen LogP contribution in [0.3, 0.4) is 0 Å². The molecule has 2 rings (SSSR count). The van der Waals surface area contributed by atoms with Gasteiger partial charge in [0.1, 0.15) is 0 Å². The zero-order valence-electron chi connectivity index (χ0n) is 13.8. The van der Waals surface area contributed by atoms with Gasteiger partial charge in [0.05, 0.1) is 11.3 Å². The number of aliphatic carboxylic acids is 1. The van der Waals surface area contributed by atoms with Crippen LogP contribution >= 0.6 is 0 Å². The van der Waals surface area contributed by atoms with Crippen LogP contribution in [-0.4, -0.2) is 25.8 Å². The summed E-state index contributed by atoms with van der Waals surface area (Å²) in [6.07, 6.45) is 2.07. The molecule has 0 radical (unpaired) electrons. The summed E-state index contributed by atoms with van der Waals surface area (Å²) in [6, 6.07) is 2.17. The molecule has 0 fully saturated rings. The predicted molar refractivity (Wildman–Crippen MR) is 86.4 cm³/mol. The van der Waals surface area contributed by atoms with E-state index in [1.54, 1.807) is 6.20 Å². The van der Waals surface area contributed by atoms with Crippen molar-refractivity contribution in [2.24, 2.45) is 0 Å². The fourth-order valence-electron chi connectivity index (χ4n) is 2.45. The van der Waals surface area contributed by atoms with Crippen LogP contribution in [0.15, 0.2) is 30.6 Å². The van der Waals surface area contributed by atoms with Crippen molar-refractivity contribution in [1.82, 2.24) is 14.8 Å². The predicted octanol–water partition coefficient (Wildman–Crippen LogP) is 4.29. The van der Waals surface area contributed by atoms with Crippen LogP contribution in [0.5, 0.6) is 0 Å². The lowest BCUT2D eigenvalue weighted by Crippen LogP contribution is -2.07. The molecule has 0 aliphatic rings.